The summed E-state index contributed by atoms with van der Waals surface area (Å²) in [4.78, 5) is 4.57. The average Bonchev–Trinajstić information content (AvgIpc) is 2.78. The van der Waals surface area contributed by atoms with Gasteiger partial charge in [-0.25, -0.2) is 4.98 Å². The van der Waals surface area contributed by atoms with Crippen LogP contribution in [0.3, 0.4) is 0 Å². The van der Waals surface area contributed by atoms with E-state index in [2.05, 4.69) is 24.2 Å². The third-order valence-corrected chi connectivity index (χ3v) is 3.67. The van der Waals surface area contributed by atoms with Gasteiger partial charge in [0.1, 0.15) is 10.8 Å². The Hall–Kier alpha value is -1.35. The molecule has 0 aliphatic rings. The Labute approximate surface area is 99.6 Å². The zero-order chi connectivity index (χ0) is 11.5. The molecule has 2 nitrogen and oxygen atoms in total. The first-order valence-electron chi connectivity index (χ1n) is 5.46. The minimum atomic E-state index is 0.299. The van der Waals surface area contributed by atoms with E-state index >= 15 is 0 Å². The van der Waals surface area contributed by atoms with Gasteiger partial charge in [0.15, 0.2) is 0 Å². The average molecular weight is 233 g/mol. The summed E-state index contributed by atoms with van der Waals surface area (Å²) in [5.74, 6) is 0.781. The van der Waals surface area contributed by atoms with Crippen molar-refractivity contribution in [1.29, 1.82) is 0 Å². The summed E-state index contributed by atoms with van der Waals surface area (Å²) in [6.45, 7) is 4.33. The van der Waals surface area contributed by atoms with Crippen LogP contribution in [0.5, 0.6) is 5.75 Å². The predicted octanol–water partition coefficient (Wildman–Crippen LogP) is 4.03. The van der Waals surface area contributed by atoms with Crippen molar-refractivity contribution in [2.24, 2.45) is 0 Å². The highest BCUT2D eigenvalue weighted by atomic mass is 32.1. The van der Waals surface area contributed by atoms with E-state index in [1.807, 2.05) is 18.2 Å². The fourth-order valence-electron chi connectivity index (χ4n) is 1.50. The van der Waals surface area contributed by atoms with E-state index < -0.39 is 0 Å². The van der Waals surface area contributed by atoms with Crippen LogP contribution in [0.2, 0.25) is 0 Å². The van der Waals surface area contributed by atoms with Gasteiger partial charge in [-0.2, -0.15) is 0 Å². The first-order chi connectivity index (χ1) is 7.72. The van der Waals surface area contributed by atoms with Gasteiger partial charge in [0.05, 0.1) is 11.3 Å². The maximum Gasteiger partial charge on any atom is 0.127 e. The Morgan fingerprint density at radius 1 is 1.38 bits per heavy atom. The summed E-state index contributed by atoms with van der Waals surface area (Å²) in [5, 5.41) is 12.7. The lowest BCUT2D eigenvalue weighted by Gasteiger charge is -2.03. The second-order valence-electron chi connectivity index (χ2n) is 3.90. The number of nitrogens with zero attached hydrogens (tertiary/aromatic N) is 1. The summed E-state index contributed by atoms with van der Waals surface area (Å²) >= 11 is 1.59. The van der Waals surface area contributed by atoms with Gasteiger partial charge >= 0.3 is 0 Å². The molecule has 0 aliphatic carbocycles. The molecule has 2 rings (SSSR count). The van der Waals surface area contributed by atoms with Crippen molar-refractivity contribution in [3.8, 4) is 16.3 Å². The van der Waals surface area contributed by atoms with Gasteiger partial charge in [-0.3, -0.25) is 0 Å². The van der Waals surface area contributed by atoms with Gasteiger partial charge < -0.3 is 5.11 Å². The van der Waals surface area contributed by atoms with Crippen LogP contribution in [0, 0.1) is 0 Å². The highest BCUT2D eigenvalue weighted by molar-refractivity contribution is 7.13. The lowest BCUT2D eigenvalue weighted by Crippen LogP contribution is -1.91. The van der Waals surface area contributed by atoms with E-state index in [4.69, 9.17) is 0 Å². The lowest BCUT2D eigenvalue weighted by atomic mass is 10.1. The largest absolute Gasteiger partial charge is 0.507 e. The van der Waals surface area contributed by atoms with Crippen LogP contribution in [-0.2, 0) is 0 Å². The predicted molar refractivity (Wildman–Crippen MR) is 67.9 cm³/mol. The van der Waals surface area contributed by atoms with E-state index in [1.165, 1.54) is 0 Å². The topological polar surface area (TPSA) is 33.1 Å². The van der Waals surface area contributed by atoms with Crippen LogP contribution in [0.15, 0.2) is 29.6 Å². The zero-order valence-corrected chi connectivity index (χ0v) is 10.3. The van der Waals surface area contributed by atoms with E-state index in [9.17, 15) is 5.11 Å². The molecular formula is C13H15NOS. The second-order valence-corrected chi connectivity index (χ2v) is 4.76. The molecule has 1 heterocycles. The van der Waals surface area contributed by atoms with Gasteiger partial charge in [-0.15, -0.1) is 11.3 Å². The van der Waals surface area contributed by atoms with Crippen LogP contribution < -0.4 is 0 Å². The lowest BCUT2D eigenvalue weighted by molar-refractivity contribution is 0.477. The third-order valence-electron chi connectivity index (χ3n) is 2.77. The molecule has 0 spiro atoms. The Balaban J connectivity index is 2.35. The SMILES string of the molecule is CCC(C)c1csc(-c2ccccc2O)n1. The minimum Gasteiger partial charge on any atom is -0.507 e. The molecule has 0 radical (unpaired) electrons. The quantitative estimate of drug-likeness (QED) is 0.868. The summed E-state index contributed by atoms with van der Waals surface area (Å²) in [5.41, 5.74) is 1.94. The molecule has 1 aromatic carbocycles. The number of para-hydroxylation sites is 1. The number of aromatic nitrogens is 1. The van der Waals surface area contributed by atoms with Gasteiger partial charge in [-0.1, -0.05) is 26.0 Å². The first-order valence-corrected chi connectivity index (χ1v) is 6.34. The summed E-state index contributed by atoms with van der Waals surface area (Å²) in [7, 11) is 0. The van der Waals surface area contributed by atoms with Crippen molar-refractivity contribution in [3.05, 3.63) is 35.3 Å². The molecule has 1 N–H and O–H groups in total. The Morgan fingerprint density at radius 3 is 2.81 bits per heavy atom. The van der Waals surface area contributed by atoms with Gasteiger partial charge in [0.2, 0.25) is 0 Å². The number of aromatic hydroxyl groups is 1. The molecule has 0 amide bonds. The molecule has 0 fully saturated rings. The molecule has 84 valence electrons. The van der Waals surface area contributed by atoms with Gasteiger partial charge in [0, 0.05) is 5.38 Å². The Morgan fingerprint density at radius 2 is 2.12 bits per heavy atom. The number of hydrogen-bond acceptors (Lipinski definition) is 3. The summed E-state index contributed by atoms with van der Waals surface area (Å²) in [6, 6.07) is 7.33. The van der Waals surface area contributed by atoms with Crippen LogP contribution in [0.4, 0.5) is 0 Å². The van der Waals surface area contributed by atoms with E-state index in [1.54, 1.807) is 17.4 Å². The van der Waals surface area contributed by atoms with Gasteiger partial charge in [-0.05, 0) is 24.5 Å². The molecule has 2 aromatic rings. The maximum atomic E-state index is 9.74. The number of rotatable bonds is 3. The van der Waals surface area contributed by atoms with Crippen molar-refractivity contribution in [1.82, 2.24) is 4.98 Å². The number of phenolic OH excluding ortho intramolecular Hbond substituents is 1. The van der Waals surface area contributed by atoms with Crippen molar-refractivity contribution < 1.29 is 5.11 Å². The van der Waals surface area contributed by atoms with Crippen molar-refractivity contribution in [2.45, 2.75) is 26.2 Å². The maximum absolute atomic E-state index is 9.74. The fraction of sp³-hybridized carbons (Fsp3) is 0.308. The number of thiazole rings is 1. The molecule has 1 unspecified atom stereocenters. The Bertz CT molecular complexity index is 478. The highest BCUT2D eigenvalue weighted by Crippen LogP contribution is 2.33. The molecular weight excluding hydrogens is 218 g/mol. The van der Waals surface area contributed by atoms with Crippen LogP contribution >= 0.6 is 11.3 Å². The molecule has 0 aliphatic heterocycles. The van der Waals surface area contributed by atoms with E-state index in [0.717, 1.165) is 22.7 Å². The molecule has 1 atom stereocenters. The number of hydrogen-bond donors (Lipinski definition) is 1. The van der Waals surface area contributed by atoms with Crippen LogP contribution in [0.1, 0.15) is 31.9 Å². The fourth-order valence-corrected chi connectivity index (χ4v) is 2.47. The monoisotopic (exact) mass is 233 g/mol. The van der Waals surface area contributed by atoms with Crippen LogP contribution in [0.25, 0.3) is 10.6 Å². The Kier molecular flexibility index (Phi) is 3.25. The number of benzene rings is 1. The molecule has 0 bridgehead atoms. The minimum absolute atomic E-state index is 0.299. The van der Waals surface area contributed by atoms with Crippen molar-refractivity contribution in [3.63, 3.8) is 0 Å². The summed E-state index contributed by atoms with van der Waals surface area (Å²) in [6.07, 6.45) is 1.09. The normalized spacial score (nSPS) is 12.6. The van der Waals surface area contributed by atoms with Gasteiger partial charge in [0.25, 0.3) is 0 Å². The van der Waals surface area contributed by atoms with Crippen molar-refractivity contribution >= 4 is 11.3 Å². The molecule has 16 heavy (non-hydrogen) atoms. The third kappa shape index (κ3) is 2.09. The smallest absolute Gasteiger partial charge is 0.127 e. The molecule has 3 heteroatoms. The van der Waals surface area contributed by atoms with E-state index in [-0.39, 0.29) is 0 Å². The molecule has 0 saturated heterocycles. The van der Waals surface area contributed by atoms with Crippen molar-refractivity contribution in [2.75, 3.05) is 0 Å². The van der Waals surface area contributed by atoms with E-state index in [0.29, 0.717) is 11.7 Å². The molecule has 1 aromatic heterocycles. The highest BCUT2D eigenvalue weighted by Gasteiger charge is 2.11. The summed E-state index contributed by atoms with van der Waals surface area (Å²) < 4.78 is 0. The standard InChI is InChI=1S/C13H15NOS/c1-3-9(2)11-8-16-13(14-11)10-6-4-5-7-12(10)15/h4-9,15H,3H2,1-2H3. The first kappa shape index (κ1) is 11.1. The zero-order valence-electron chi connectivity index (χ0n) is 9.47. The number of phenols is 1. The second kappa shape index (κ2) is 4.66. The molecule has 0 saturated carbocycles. The van der Waals surface area contributed by atoms with Crippen LogP contribution in [-0.4, -0.2) is 10.1 Å².